The Morgan fingerprint density at radius 1 is 1.40 bits per heavy atom. The van der Waals surface area contributed by atoms with E-state index in [4.69, 9.17) is 21.8 Å². The molecule has 10 heteroatoms. The van der Waals surface area contributed by atoms with Crippen LogP contribution in [0.15, 0.2) is 15.4 Å². The number of sulfonamides is 1. The van der Waals surface area contributed by atoms with Crippen LogP contribution in [-0.2, 0) is 14.8 Å². The van der Waals surface area contributed by atoms with Gasteiger partial charge in [-0.3, -0.25) is 4.79 Å². The van der Waals surface area contributed by atoms with Gasteiger partial charge in [-0.15, -0.1) is 0 Å². The van der Waals surface area contributed by atoms with Gasteiger partial charge in [-0.05, 0) is 24.4 Å². The first kappa shape index (κ1) is 14.8. The lowest BCUT2D eigenvalue weighted by atomic mass is 10.2. The van der Waals surface area contributed by atoms with Crippen molar-refractivity contribution in [1.82, 2.24) is 4.31 Å². The van der Waals surface area contributed by atoms with Crippen LogP contribution in [-0.4, -0.2) is 47.5 Å². The maximum Gasteiger partial charge on any atom is 0.371 e. The Hall–Kier alpha value is -1.58. The molecule has 0 amide bonds. The molecule has 20 heavy (non-hydrogen) atoms. The van der Waals surface area contributed by atoms with Crippen LogP contribution in [0.25, 0.3) is 0 Å². The predicted molar refractivity (Wildman–Crippen MR) is 65.2 cm³/mol. The van der Waals surface area contributed by atoms with Gasteiger partial charge >= 0.3 is 11.9 Å². The standard InChI is InChI=1S/C10H10ClNO7S/c11-8-7(4-6(19-8)10(15)16)20(17,18)12-3-1-2-5(12)9(13)14/h4-5H,1-3H2,(H,13,14)(H,15,16)/t5-/m0/s1. The summed E-state index contributed by atoms with van der Waals surface area (Å²) >= 11 is 5.60. The van der Waals surface area contributed by atoms with E-state index >= 15 is 0 Å². The fourth-order valence-corrected chi connectivity index (χ4v) is 4.12. The number of halogens is 1. The van der Waals surface area contributed by atoms with E-state index in [1.165, 1.54) is 0 Å². The van der Waals surface area contributed by atoms with E-state index in [0.717, 1.165) is 10.4 Å². The minimum atomic E-state index is -4.21. The van der Waals surface area contributed by atoms with Crippen LogP contribution in [0.4, 0.5) is 0 Å². The third-order valence-corrected chi connectivity index (χ3v) is 5.25. The Labute approximate surface area is 118 Å². The number of furan rings is 1. The average Bonchev–Trinajstić information content (AvgIpc) is 2.94. The summed E-state index contributed by atoms with van der Waals surface area (Å²) in [7, 11) is -4.21. The van der Waals surface area contributed by atoms with Crippen LogP contribution in [0.3, 0.4) is 0 Å². The first-order valence-electron chi connectivity index (χ1n) is 5.52. The third kappa shape index (κ3) is 2.39. The molecule has 1 fully saturated rings. The topological polar surface area (TPSA) is 125 Å². The summed E-state index contributed by atoms with van der Waals surface area (Å²) in [4.78, 5) is 21.2. The molecule has 1 saturated heterocycles. The quantitative estimate of drug-likeness (QED) is 0.842. The smallest absolute Gasteiger partial charge is 0.371 e. The molecule has 1 aromatic heterocycles. The highest BCUT2D eigenvalue weighted by molar-refractivity contribution is 7.89. The fraction of sp³-hybridized carbons (Fsp3) is 0.400. The van der Waals surface area contributed by atoms with E-state index in [-0.39, 0.29) is 13.0 Å². The highest BCUT2D eigenvalue weighted by atomic mass is 35.5. The number of aliphatic carboxylic acids is 1. The summed E-state index contributed by atoms with van der Waals surface area (Å²) in [5.74, 6) is -3.35. The van der Waals surface area contributed by atoms with Crippen LogP contribution < -0.4 is 0 Å². The zero-order chi connectivity index (χ0) is 15.1. The Kier molecular flexibility index (Phi) is 3.76. The molecule has 0 spiro atoms. The molecule has 1 aliphatic rings. The summed E-state index contributed by atoms with van der Waals surface area (Å²) in [6, 6.07) is -0.406. The lowest BCUT2D eigenvalue weighted by Crippen LogP contribution is -2.40. The number of hydrogen-bond donors (Lipinski definition) is 2. The number of carboxylic acid groups (broad SMARTS) is 2. The molecule has 2 N–H and O–H groups in total. The molecule has 0 bridgehead atoms. The predicted octanol–water partition coefficient (Wildman–Crippen LogP) is 0.869. The van der Waals surface area contributed by atoms with Crippen molar-refractivity contribution in [3.63, 3.8) is 0 Å². The molecule has 110 valence electrons. The molecular formula is C10H10ClNO7S. The highest BCUT2D eigenvalue weighted by Crippen LogP contribution is 2.32. The molecule has 8 nitrogen and oxygen atoms in total. The summed E-state index contributed by atoms with van der Waals surface area (Å²) < 4.78 is 30.1. The molecule has 2 heterocycles. The Morgan fingerprint density at radius 3 is 2.55 bits per heavy atom. The van der Waals surface area contributed by atoms with Crippen molar-refractivity contribution in [2.45, 2.75) is 23.8 Å². The highest BCUT2D eigenvalue weighted by Gasteiger charge is 2.41. The van der Waals surface area contributed by atoms with Crippen LogP contribution >= 0.6 is 11.6 Å². The van der Waals surface area contributed by atoms with E-state index < -0.39 is 43.9 Å². The first-order chi connectivity index (χ1) is 9.25. The van der Waals surface area contributed by atoms with Gasteiger partial charge in [0.25, 0.3) is 0 Å². The summed E-state index contributed by atoms with van der Waals surface area (Å²) in [6.07, 6.45) is 0.591. The largest absolute Gasteiger partial charge is 0.480 e. The maximum absolute atomic E-state index is 12.3. The van der Waals surface area contributed by atoms with Crippen molar-refractivity contribution in [2.24, 2.45) is 0 Å². The van der Waals surface area contributed by atoms with Gasteiger partial charge in [0, 0.05) is 12.6 Å². The van der Waals surface area contributed by atoms with Crippen LogP contribution in [0.1, 0.15) is 23.4 Å². The Bertz CT molecular complexity index is 665. The van der Waals surface area contributed by atoms with Gasteiger partial charge in [-0.2, -0.15) is 4.31 Å². The molecule has 1 atom stereocenters. The van der Waals surface area contributed by atoms with Crippen molar-refractivity contribution in [1.29, 1.82) is 0 Å². The number of rotatable bonds is 4. The number of carbonyl (C=O) groups is 2. The van der Waals surface area contributed by atoms with Gasteiger partial charge in [-0.1, -0.05) is 0 Å². The number of aromatic carboxylic acids is 1. The average molecular weight is 324 g/mol. The minimum absolute atomic E-state index is 0.0310. The molecule has 0 radical (unpaired) electrons. The molecule has 0 aromatic carbocycles. The van der Waals surface area contributed by atoms with Crippen molar-refractivity contribution in [3.05, 3.63) is 17.0 Å². The molecule has 2 rings (SSSR count). The van der Waals surface area contributed by atoms with E-state index in [1.807, 2.05) is 0 Å². The molecule has 0 saturated carbocycles. The van der Waals surface area contributed by atoms with Gasteiger partial charge in [0.15, 0.2) is 0 Å². The zero-order valence-corrected chi connectivity index (χ0v) is 11.5. The number of carboxylic acids is 2. The molecule has 1 aliphatic heterocycles. The first-order valence-corrected chi connectivity index (χ1v) is 7.34. The second kappa shape index (κ2) is 5.08. The second-order valence-electron chi connectivity index (χ2n) is 4.17. The molecule has 0 aliphatic carbocycles. The Morgan fingerprint density at radius 2 is 2.05 bits per heavy atom. The van der Waals surface area contributed by atoms with E-state index in [1.54, 1.807) is 0 Å². The van der Waals surface area contributed by atoms with Gasteiger partial charge in [0.2, 0.25) is 21.0 Å². The van der Waals surface area contributed by atoms with E-state index in [2.05, 4.69) is 4.42 Å². The normalized spacial score (nSPS) is 20.1. The lowest BCUT2D eigenvalue weighted by Gasteiger charge is -2.19. The van der Waals surface area contributed by atoms with Crippen molar-refractivity contribution < 1.29 is 32.6 Å². The van der Waals surface area contributed by atoms with E-state index in [9.17, 15) is 18.0 Å². The zero-order valence-electron chi connectivity index (χ0n) is 9.95. The van der Waals surface area contributed by atoms with Gasteiger partial charge in [-0.25, -0.2) is 13.2 Å². The fourth-order valence-electron chi connectivity index (χ4n) is 2.03. The monoisotopic (exact) mass is 323 g/mol. The molecular weight excluding hydrogens is 314 g/mol. The second-order valence-corrected chi connectivity index (χ2v) is 6.37. The van der Waals surface area contributed by atoms with Gasteiger partial charge in [0.05, 0.1) is 0 Å². The van der Waals surface area contributed by atoms with Crippen LogP contribution in [0.5, 0.6) is 0 Å². The van der Waals surface area contributed by atoms with Crippen molar-refractivity contribution in [3.8, 4) is 0 Å². The van der Waals surface area contributed by atoms with E-state index in [0.29, 0.717) is 6.42 Å². The SMILES string of the molecule is O=C(O)c1cc(S(=O)(=O)N2CCC[C@H]2C(=O)O)c(Cl)o1. The van der Waals surface area contributed by atoms with Crippen molar-refractivity contribution in [2.75, 3.05) is 6.54 Å². The Balaban J connectivity index is 2.45. The minimum Gasteiger partial charge on any atom is -0.480 e. The van der Waals surface area contributed by atoms with Crippen LogP contribution in [0.2, 0.25) is 5.22 Å². The summed E-state index contributed by atoms with van der Waals surface area (Å²) in [6.45, 7) is 0.0310. The lowest BCUT2D eigenvalue weighted by molar-refractivity contribution is -0.140. The van der Waals surface area contributed by atoms with Crippen molar-refractivity contribution >= 4 is 33.6 Å². The van der Waals surface area contributed by atoms with Crippen LogP contribution in [0, 0.1) is 0 Å². The summed E-state index contributed by atoms with van der Waals surface area (Å²) in [5.41, 5.74) is 0. The molecule has 0 unspecified atom stereocenters. The third-order valence-electron chi connectivity index (χ3n) is 2.94. The number of hydrogen-bond acceptors (Lipinski definition) is 5. The number of nitrogens with zero attached hydrogens (tertiary/aromatic N) is 1. The maximum atomic E-state index is 12.3. The van der Waals surface area contributed by atoms with Gasteiger partial charge in [0.1, 0.15) is 10.9 Å². The summed E-state index contributed by atoms with van der Waals surface area (Å²) in [5, 5.41) is 17.1. The van der Waals surface area contributed by atoms with Gasteiger partial charge < -0.3 is 14.6 Å². The molecule has 1 aromatic rings.